The van der Waals surface area contributed by atoms with Crippen molar-refractivity contribution >= 4 is 0 Å². The molecular weight excluding hydrogens is 262 g/mol. The van der Waals surface area contributed by atoms with E-state index >= 15 is 0 Å². The van der Waals surface area contributed by atoms with Gasteiger partial charge in [-0.2, -0.15) is 0 Å². The molecule has 0 saturated carbocycles. The van der Waals surface area contributed by atoms with E-state index in [1.807, 2.05) is 30.3 Å². The average molecular weight is 281 g/mol. The van der Waals surface area contributed by atoms with Crippen LogP contribution in [0.3, 0.4) is 0 Å². The molecular formula is C14H19NO5. The Kier molecular flexibility index (Phi) is 4.69. The summed E-state index contributed by atoms with van der Waals surface area (Å²) in [6.45, 7) is 3.94. The molecule has 0 spiro atoms. The van der Waals surface area contributed by atoms with Crippen LogP contribution in [-0.2, 0) is 20.8 Å². The van der Waals surface area contributed by atoms with Crippen LogP contribution in [0.5, 0.6) is 0 Å². The van der Waals surface area contributed by atoms with Crippen LogP contribution in [0.1, 0.15) is 19.4 Å². The molecule has 0 radical (unpaired) electrons. The highest BCUT2D eigenvalue weighted by Crippen LogP contribution is 2.28. The molecule has 1 saturated heterocycles. The van der Waals surface area contributed by atoms with E-state index in [0.717, 1.165) is 5.56 Å². The van der Waals surface area contributed by atoms with Crippen LogP contribution in [0, 0.1) is 10.1 Å². The van der Waals surface area contributed by atoms with E-state index in [1.165, 1.54) is 0 Å². The predicted molar refractivity (Wildman–Crippen MR) is 71.8 cm³/mol. The van der Waals surface area contributed by atoms with Crippen molar-refractivity contribution in [3.63, 3.8) is 0 Å². The maximum absolute atomic E-state index is 10.6. The summed E-state index contributed by atoms with van der Waals surface area (Å²) in [4.78, 5) is 10.2. The highest BCUT2D eigenvalue weighted by Gasteiger charge is 2.43. The van der Waals surface area contributed by atoms with Gasteiger partial charge in [-0.15, -0.1) is 0 Å². The van der Waals surface area contributed by atoms with E-state index in [1.54, 1.807) is 13.8 Å². The number of nitrogens with zero attached hydrogens (tertiary/aromatic N) is 1. The Balaban J connectivity index is 1.85. The summed E-state index contributed by atoms with van der Waals surface area (Å²) in [5.74, 6) is -0.804. The molecule has 0 amide bonds. The second-order valence-electron chi connectivity index (χ2n) is 5.23. The quantitative estimate of drug-likeness (QED) is 0.589. The van der Waals surface area contributed by atoms with Gasteiger partial charge in [0, 0.05) is 4.92 Å². The Hall–Kier alpha value is -1.50. The highest BCUT2D eigenvalue weighted by molar-refractivity contribution is 5.13. The van der Waals surface area contributed by atoms with Gasteiger partial charge >= 0.3 is 0 Å². The lowest BCUT2D eigenvalue weighted by Gasteiger charge is -2.16. The molecule has 1 fully saturated rings. The normalized spacial score (nSPS) is 24.7. The van der Waals surface area contributed by atoms with Gasteiger partial charge in [0.1, 0.15) is 6.10 Å². The Morgan fingerprint density at radius 1 is 1.25 bits per heavy atom. The van der Waals surface area contributed by atoms with Gasteiger partial charge < -0.3 is 14.2 Å². The molecule has 0 aromatic heterocycles. The summed E-state index contributed by atoms with van der Waals surface area (Å²) in [6, 6.07) is 9.74. The smallest absolute Gasteiger partial charge is 0.232 e. The third-order valence-corrected chi connectivity index (χ3v) is 3.01. The van der Waals surface area contributed by atoms with Gasteiger partial charge in [-0.3, -0.25) is 10.1 Å². The van der Waals surface area contributed by atoms with Crippen molar-refractivity contribution in [2.75, 3.05) is 13.2 Å². The Morgan fingerprint density at radius 2 is 1.90 bits per heavy atom. The van der Waals surface area contributed by atoms with E-state index in [-0.39, 0.29) is 18.1 Å². The third kappa shape index (κ3) is 4.26. The molecule has 6 nitrogen and oxygen atoms in total. The van der Waals surface area contributed by atoms with Crippen molar-refractivity contribution in [2.24, 2.45) is 0 Å². The zero-order valence-electron chi connectivity index (χ0n) is 11.7. The molecule has 0 unspecified atom stereocenters. The minimum absolute atomic E-state index is 0.275. The van der Waals surface area contributed by atoms with Crippen molar-refractivity contribution in [2.45, 2.75) is 38.4 Å². The van der Waals surface area contributed by atoms with Gasteiger partial charge in [0.2, 0.25) is 6.54 Å². The van der Waals surface area contributed by atoms with Crippen LogP contribution in [0.4, 0.5) is 0 Å². The van der Waals surface area contributed by atoms with Crippen molar-refractivity contribution < 1.29 is 19.1 Å². The Bertz CT molecular complexity index is 448. The number of benzene rings is 1. The fraction of sp³-hybridized carbons (Fsp3) is 0.571. The summed E-state index contributed by atoms with van der Waals surface area (Å²) in [5.41, 5.74) is 1.05. The summed E-state index contributed by atoms with van der Waals surface area (Å²) in [7, 11) is 0. The van der Waals surface area contributed by atoms with Crippen LogP contribution in [0.15, 0.2) is 30.3 Å². The standard InChI is InChI=1S/C14H19NO5/c1-14(2)19-12(8-15(16)17)13(20-14)10-18-9-11-6-4-3-5-7-11/h3-7,12-13H,8-10H2,1-2H3/t12-,13-/m0/s1. The summed E-state index contributed by atoms with van der Waals surface area (Å²) in [6.07, 6.45) is -0.991. The Morgan fingerprint density at radius 3 is 2.55 bits per heavy atom. The van der Waals surface area contributed by atoms with Crippen LogP contribution in [0.25, 0.3) is 0 Å². The summed E-state index contributed by atoms with van der Waals surface area (Å²) in [5, 5.41) is 10.6. The fourth-order valence-corrected chi connectivity index (χ4v) is 2.22. The number of hydrogen-bond acceptors (Lipinski definition) is 5. The minimum atomic E-state index is -0.804. The molecule has 6 heteroatoms. The number of hydrogen-bond donors (Lipinski definition) is 0. The zero-order chi connectivity index (χ0) is 14.6. The van der Waals surface area contributed by atoms with E-state index in [4.69, 9.17) is 14.2 Å². The number of rotatable bonds is 6. The van der Waals surface area contributed by atoms with Crippen molar-refractivity contribution in [1.82, 2.24) is 0 Å². The van der Waals surface area contributed by atoms with Gasteiger partial charge in [-0.25, -0.2) is 0 Å². The molecule has 1 aliphatic heterocycles. The first-order valence-corrected chi connectivity index (χ1v) is 6.55. The topological polar surface area (TPSA) is 70.8 Å². The second kappa shape index (κ2) is 6.30. The van der Waals surface area contributed by atoms with Crippen LogP contribution in [0.2, 0.25) is 0 Å². The largest absolute Gasteiger partial charge is 0.374 e. The van der Waals surface area contributed by atoms with E-state index in [2.05, 4.69) is 0 Å². The molecule has 1 aliphatic rings. The third-order valence-electron chi connectivity index (χ3n) is 3.01. The van der Waals surface area contributed by atoms with Crippen LogP contribution >= 0.6 is 0 Å². The number of ether oxygens (including phenoxy) is 3. The van der Waals surface area contributed by atoms with Crippen LogP contribution in [-0.4, -0.2) is 36.1 Å². The van der Waals surface area contributed by atoms with E-state index in [9.17, 15) is 10.1 Å². The molecule has 2 rings (SSSR count). The molecule has 110 valence electrons. The minimum Gasteiger partial charge on any atom is -0.374 e. The molecule has 1 aromatic carbocycles. The molecule has 0 N–H and O–H groups in total. The van der Waals surface area contributed by atoms with Gasteiger partial charge in [-0.1, -0.05) is 30.3 Å². The van der Waals surface area contributed by atoms with Crippen LogP contribution < -0.4 is 0 Å². The lowest BCUT2D eigenvalue weighted by molar-refractivity contribution is -0.491. The highest BCUT2D eigenvalue weighted by atomic mass is 16.8. The van der Waals surface area contributed by atoms with E-state index < -0.39 is 18.0 Å². The van der Waals surface area contributed by atoms with E-state index in [0.29, 0.717) is 6.61 Å². The van der Waals surface area contributed by atoms with Gasteiger partial charge in [-0.05, 0) is 19.4 Å². The number of nitro groups is 1. The maximum atomic E-state index is 10.6. The summed E-state index contributed by atoms with van der Waals surface area (Å²) < 4.78 is 16.8. The van der Waals surface area contributed by atoms with Crippen molar-refractivity contribution in [1.29, 1.82) is 0 Å². The molecule has 0 bridgehead atoms. The predicted octanol–water partition coefficient (Wildman–Crippen LogP) is 2.00. The first-order valence-electron chi connectivity index (χ1n) is 6.55. The molecule has 0 aliphatic carbocycles. The van der Waals surface area contributed by atoms with Gasteiger partial charge in [0.25, 0.3) is 0 Å². The summed E-state index contributed by atoms with van der Waals surface area (Å²) >= 11 is 0. The lowest BCUT2D eigenvalue weighted by atomic mass is 10.2. The molecule has 1 heterocycles. The Labute approximate surface area is 117 Å². The SMILES string of the molecule is CC1(C)O[C@@H](COCc2ccccc2)[C@H](C[N+](=O)[O-])O1. The fourth-order valence-electron chi connectivity index (χ4n) is 2.22. The van der Waals surface area contributed by atoms with Crippen molar-refractivity contribution in [3.05, 3.63) is 46.0 Å². The first kappa shape index (κ1) is 14.9. The first-order chi connectivity index (χ1) is 9.46. The monoisotopic (exact) mass is 281 g/mol. The average Bonchev–Trinajstić information content (AvgIpc) is 2.64. The lowest BCUT2D eigenvalue weighted by Crippen LogP contribution is -2.33. The van der Waals surface area contributed by atoms with Gasteiger partial charge in [0.15, 0.2) is 11.9 Å². The van der Waals surface area contributed by atoms with Gasteiger partial charge in [0.05, 0.1) is 13.2 Å². The second-order valence-corrected chi connectivity index (χ2v) is 5.23. The van der Waals surface area contributed by atoms with Crippen molar-refractivity contribution in [3.8, 4) is 0 Å². The maximum Gasteiger partial charge on any atom is 0.232 e. The molecule has 2 atom stereocenters. The molecule has 20 heavy (non-hydrogen) atoms. The zero-order valence-corrected chi connectivity index (χ0v) is 11.7. The molecule has 1 aromatic rings.